The van der Waals surface area contributed by atoms with Crippen LogP contribution in [0, 0.1) is 5.82 Å². The van der Waals surface area contributed by atoms with Crippen LogP contribution in [-0.4, -0.2) is 39.0 Å². The number of thiophene rings is 1. The van der Waals surface area contributed by atoms with Gasteiger partial charge in [-0.3, -0.25) is 4.79 Å². The fraction of sp³-hybridized carbons (Fsp3) is 0.231. The van der Waals surface area contributed by atoms with Gasteiger partial charge in [0.05, 0.1) is 17.4 Å². The molecule has 0 fully saturated rings. The quantitative estimate of drug-likeness (QED) is 0.173. The molecule has 0 aliphatic rings. The number of rotatable bonds is 10. The molecule has 2 heterocycles. The van der Waals surface area contributed by atoms with E-state index in [0.29, 0.717) is 32.9 Å². The Morgan fingerprint density at radius 2 is 1.97 bits per heavy atom. The molecule has 2 aromatic heterocycles. The van der Waals surface area contributed by atoms with E-state index in [1.54, 1.807) is 25.5 Å². The second-order valence-electron chi connectivity index (χ2n) is 8.01. The molecule has 38 heavy (non-hydrogen) atoms. The molecule has 0 saturated carbocycles. The first kappa shape index (κ1) is 27.6. The lowest BCUT2D eigenvalue weighted by molar-refractivity contribution is -0.113. The number of aromatic nitrogens is 3. The zero-order valence-corrected chi connectivity index (χ0v) is 23.1. The summed E-state index contributed by atoms with van der Waals surface area (Å²) in [5.74, 6) is -0.410. The van der Waals surface area contributed by atoms with Crippen LogP contribution in [0.4, 0.5) is 9.39 Å². The van der Waals surface area contributed by atoms with Gasteiger partial charge in [0.1, 0.15) is 22.1 Å². The lowest BCUT2D eigenvalue weighted by Crippen LogP contribution is -2.17. The Morgan fingerprint density at radius 1 is 1.21 bits per heavy atom. The molecule has 4 aromatic rings. The van der Waals surface area contributed by atoms with Crippen LogP contribution < -0.4 is 10.1 Å². The monoisotopic (exact) mass is 574 g/mol. The highest BCUT2D eigenvalue weighted by molar-refractivity contribution is 7.99. The van der Waals surface area contributed by atoms with Gasteiger partial charge in [0.2, 0.25) is 5.91 Å². The van der Waals surface area contributed by atoms with Crippen LogP contribution in [0.2, 0.25) is 5.02 Å². The first-order valence-corrected chi connectivity index (χ1v) is 13.8. The number of nitrogens with one attached hydrogen (secondary N) is 1. The van der Waals surface area contributed by atoms with E-state index in [2.05, 4.69) is 15.5 Å². The van der Waals surface area contributed by atoms with E-state index >= 15 is 0 Å². The summed E-state index contributed by atoms with van der Waals surface area (Å²) in [6.45, 7) is 3.72. The van der Waals surface area contributed by atoms with Gasteiger partial charge in [-0.1, -0.05) is 53.7 Å². The van der Waals surface area contributed by atoms with Crippen molar-refractivity contribution in [1.29, 1.82) is 0 Å². The van der Waals surface area contributed by atoms with Crippen LogP contribution in [0.3, 0.4) is 0 Å². The highest BCUT2D eigenvalue weighted by Gasteiger charge is 2.24. The lowest BCUT2D eigenvalue weighted by atomic mass is 10.0. The topological polar surface area (TPSA) is 95.3 Å². The van der Waals surface area contributed by atoms with Crippen molar-refractivity contribution >= 4 is 51.6 Å². The van der Waals surface area contributed by atoms with Crippen molar-refractivity contribution in [2.45, 2.75) is 25.1 Å². The van der Waals surface area contributed by atoms with Crippen molar-refractivity contribution in [2.75, 3.05) is 17.7 Å². The molecule has 1 atom stereocenters. The maximum Gasteiger partial charge on any atom is 0.341 e. The van der Waals surface area contributed by atoms with Gasteiger partial charge in [0.15, 0.2) is 17.1 Å². The summed E-state index contributed by atoms with van der Waals surface area (Å²) in [4.78, 5) is 25.5. The Hall–Kier alpha value is -3.41. The average Bonchev–Trinajstić information content (AvgIpc) is 3.48. The van der Waals surface area contributed by atoms with Crippen molar-refractivity contribution in [3.63, 3.8) is 0 Å². The number of thioether (sulfide) groups is 1. The van der Waals surface area contributed by atoms with Gasteiger partial charge in [-0.05, 0) is 37.6 Å². The van der Waals surface area contributed by atoms with E-state index in [1.165, 1.54) is 41.3 Å². The van der Waals surface area contributed by atoms with Gasteiger partial charge in [-0.25, -0.2) is 9.18 Å². The van der Waals surface area contributed by atoms with Crippen molar-refractivity contribution in [2.24, 2.45) is 7.05 Å². The number of carbonyl (C=O) groups is 2. The molecule has 0 radical (unpaired) electrons. The number of halogens is 2. The Kier molecular flexibility index (Phi) is 9.03. The first-order chi connectivity index (χ1) is 18.3. The van der Waals surface area contributed by atoms with Crippen LogP contribution in [0.1, 0.15) is 36.1 Å². The van der Waals surface area contributed by atoms with Crippen LogP contribution >= 0.6 is 34.7 Å². The number of amides is 1. The molecule has 0 aliphatic carbocycles. The summed E-state index contributed by atoms with van der Waals surface area (Å²) < 4.78 is 26.1. The Bertz CT molecular complexity index is 1440. The van der Waals surface area contributed by atoms with Gasteiger partial charge in [-0.15, -0.1) is 21.5 Å². The number of benzene rings is 2. The maximum absolute atomic E-state index is 13.3. The predicted octanol–water partition coefficient (Wildman–Crippen LogP) is 6.38. The third-order valence-corrected chi connectivity index (χ3v) is 7.58. The highest BCUT2D eigenvalue weighted by Crippen LogP contribution is 2.36. The van der Waals surface area contributed by atoms with E-state index in [9.17, 15) is 14.0 Å². The third-order valence-electron chi connectivity index (χ3n) is 5.37. The van der Waals surface area contributed by atoms with Gasteiger partial charge >= 0.3 is 5.97 Å². The van der Waals surface area contributed by atoms with E-state index in [-0.39, 0.29) is 23.3 Å². The smallest absolute Gasteiger partial charge is 0.341 e. The lowest BCUT2D eigenvalue weighted by Gasteiger charge is -2.15. The summed E-state index contributed by atoms with van der Waals surface area (Å²) >= 11 is 8.51. The molecule has 0 saturated heterocycles. The fourth-order valence-corrected chi connectivity index (χ4v) is 5.50. The Balaban J connectivity index is 1.43. The summed E-state index contributed by atoms with van der Waals surface area (Å²) in [5, 5.41) is 14.1. The minimum atomic E-state index is -0.534. The van der Waals surface area contributed by atoms with Crippen molar-refractivity contribution in [3.05, 3.63) is 76.1 Å². The predicted molar refractivity (Wildman–Crippen MR) is 147 cm³/mol. The first-order valence-electron chi connectivity index (χ1n) is 11.6. The SMILES string of the molecule is CCOC(=O)c1c(-c2ccccc2)csc1NC(=O)CSc1nnc(C(C)Oc2ccc(F)cc2Cl)n1C. The average molecular weight is 575 g/mol. The molecule has 0 spiro atoms. The van der Waals surface area contributed by atoms with Crippen LogP contribution in [-0.2, 0) is 16.6 Å². The van der Waals surface area contributed by atoms with Crippen LogP contribution in [0.5, 0.6) is 5.75 Å². The van der Waals surface area contributed by atoms with Gasteiger partial charge in [0.25, 0.3) is 0 Å². The molecule has 8 nitrogen and oxygen atoms in total. The molecular weight excluding hydrogens is 551 g/mol. The summed E-state index contributed by atoms with van der Waals surface area (Å²) in [7, 11) is 1.76. The maximum atomic E-state index is 13.3. The third kappa shape index (κ3) is 6.35. The molecule has 12 heteroatoms. The second kappa shape index (κ2) is 12.4. The summed E-state index contributed by atoms with van der Waals surface area (Å²) in [6, 6.07) is 13.3. The zero-order chi connectivity index (χ0) is 27.2. The van der Waals surface area contributed by atoms with Gasteiger partial charge in [0, 0.05) is 18.0 Å². The second-order valence-corrected chi connectivity index (χ2v) is 10.2. The number of anilines is 1. The van der Waals surface area contributed by atoms with E-state index in [4.69, 9.17) is 21.1 Å². The largest absolute Gasteiger partial charge is 0.481 e. The van der Waals surface area contributed by atoms with E-state index < -0.39 is 17.9 Å². The number of hydrogen-bond acceptors (Lipinski definition) is 8. The molecule has 1 amide bonds. The van der Waals surface area contributed by atoms with Crippen molar-refractivity contribution in [3.8, 4) is 16.9 Å². The molecule has 198 valence electrons. The van der Waals surface area contributed by atoms with Crippen molar-refractivity contribution < 1.29 is 23.5 Å². The van der Waals surface area contributed by atoms with E-state index in [1.807, 2.05) is 35.7 Å². The minimum absolute atomic E-state index is 0.0336. The highest BCUT2D eigenvalue weighted by atomic mass is 35.5. The van der Waals surface area contributed by atoms with Crippen LogP contribution in [0.15, 0.2) is 59.1 Å². The molecule has 0 aliphatic heterocycles. The Morgan fingerprint density at radius 3 is 2.68 bits per heavy atom. The summed E-state index contributed by atoms with van der Waals surface area (Å²) in [6.07, 6.45) is -0.534. The minimum Gasteiger partial charge on any atom is -0.481 e. The Labute approximate surface area is 232 Å². The normalized spacial score (nSPS) is 11.7. The zero-order valence-electron chi connectivity index (χ0n) is 20.7. The van der Waals surface area contributed by atoms with Crippen LogP contribution in [0.25, 0.3) is 11.1 Å². The number of ether oxygens (including phenoxy) is 2. The van der Waals surface area contributed by atoms with Gasteiger partial charge in [-0.2, -0.15) is 0 Å². The van der Waals surface area contributed by atoms with Gasteiger partial charge < -0.3 is 19.4 Å². The fourth-order valence-electron chi connectivity index (χ4n) is 3.60. The molecule has 1 unspecified atom stereocenters. The number of hydrogen-bond donors (Lipinski definition) is 1. The van der Waals surface area contributed by atoms with E-state index in [0.717, 1.165) is 5.56 Å². The molecule has 2 aromatic carbocycles. The molecule has 4 rings (SSSR count). The molecular formula is C26H24ClFN4O4S2. The number of nitrogens with zero attached hydrogens (tertiary/aromatic N) is 3. The molecule has 0 bridgehead atoms. The number of esters is 1. The standard InChI is InChI=1S/C26H24ClFN4O4S2/c1-4-35-25(34)22-18(16-8-6-5-7-9-16)13-37-24(22)29-21(33)14-38-26-31-30-23(32(26)3)15(2)36-20-11-10-17(28)12-19(20)27/h5-13,15H,4,14H2,1-3H3,(H,29,33). The number of carbonyl (C=O) groups excluding carboxylic acids is 2. The molecule has 1 N–H and O–H groups in total. The summed E-state index contributed by atoms with van der Waals surface area (Å²) in [5.41, 5.74) is 1.88. The van der Waals surface area contributed by atoms with Crippen molar-refractivity contribution in [1.82, 2.24) is 14.8 Å².